The van der Waals surface area contributed by atoms with E-state index in [1.54, 1.807) is 30.5 Å². The molecule has 7 heteroatoms. The van der Waals surface area contributed by atoms with Crippen LogP contribution in [0.2, 0.25) is 0 Å². The van der Waals surface area contributed by atoms with Gasteiger partial charge in [0, 0.05) is 41.5 Å². The van der Waals surface area contributed by atoms with Crippen LogP contribution in [0, 0.1) is 11.8 Å². The van der Waals surface area contributed by atoms with E-state index in [9.17, 15) is 9.59 Å². The average molecular weight is 407 g/mol. The van der Waals surface area contributed by atoms with Crippen LogP contribution in [-0.2, 0) is 11.8 Å². The van der Waals surface area contributed by atoms with Crippen LogP contribution in [0.15, 0.2) is 71.0 Å². The second kappa shape index (κ2) is 8.13. The Labute approximate surface area is 173 Å². The number of aryl methyl sites for hydroxylation is 1. The van der Waals surface area contributed by atoms with E-state index in [2.05, 4.69) is 22.5 Å². The second-order valence-electron chi connectivity index (χ2n) is 7.26. The molecule has 1 aliphatic carbocycles. The zero-order chi connectivity index (χ0) is 20.4. The van der Waals surface area contributed by atoms with E-state index in [1.807, 2.05) is 42.1 Å². The fourth-order valence-corrected chi connectivity index (χ4v) is 3.95. The smallest absolute Gasteiger partial charge is 0.255 e. The van der Waals surface area contributed by atoms with Crippen molar-refractivity contribution in [2.45, 2.75) is 23.4 Å². The highest BCUT2D eigenvalue weighted by Gasteiger charge is 2.39. The number of amides is 2. The van der Waals surface area contributed by atoms with Crippen molar-refractivity contribution in [2.75, 3.05) is 10.6 Å². The first-order valence-corrected chi connectivity index (χ1v) is 10.3. The van der Waals surface area contributed by atoms with Crippen LogP contribution in [0.3, 0.4) is 0 Å². The van der Waals surface area contributed by atoms with Crippen LogP contribution in [0.25, 0.3) is 0 Å². The molecule has 2 atom stereocenters. The summed E-state index contributed by atoms with van der Waals surface area (Å²) in [6.07, 6.45) is 4.55. The molecule has 0 aliphatic heterocycles. The molecule has 1 aromatic heterocycles. The molecule has 4 rings (SSSR count). The quantitative estimate of drug-likeness (QED) is 0.635. The fraction of sp³-hybridized carbons (Fsp3) is 0.227. The van der Waals surface area contributed by atoms with Gasteiger partial charge in [0.05, 0.1) is 5.69 Å². The normalized spacial score (nSPS) is 17.6. The number of rotatable bonds is 6. The maximum Gasteiger partial charge on any atom is 0.255 e. The third-order valence-corrected chi connectivity index (χ3v) is 6.10. The van der Waals surface area contributed by atoms with Gasteiger partial charge in [0.25, 0.3) is 5.91 Å². The lowest BCUT2D eigenvalue weighted by atomic mass is 10.1. The van der Waals surface area contributed by atoms with E-state index in [4.69, 9.17) is 0 Å². The molecule has 6 nitrogen and oxygen atoms in total. The Morgan fingerprint density at radius 2 is 1.93 bits per heavy atom. The highest BCUT2D eigenvalue weighted by atomic mass is 32.2. The monoisotopic (exact) mass is 406 g/mol. The Morgan fingerprint density at radius 3 is 2.66 bits per heavy atom. The van der Waals surface area contributed by atoms with Gasteiger partial charge in [-0.2, -0.15) is 0 Å². The Morgan fingerprint density at radius 1 is 1.14 bits per heavy atom. The predicted octanol–water partition coefficient (Wildman–Crippen LogP) is 4.42. The van der Waals surface area contributed by atoms with Gasteiger partial charge in [-0.15, -0.1) is 0 Å². The van der Waals surface area contributed by atoms with Crippen LogP contribution in [0.4, 0.5) is 11.4 Å². The summed E-state index contributed by atoms with van der Waals surface area (Å²) in [6, 6.07) is 14.6. The number of carbonyl (C=O) groups excluding carboxylic acids is 2. The van der Waals surface area contributed by atoms with E-state index in [-0.39, 0.29) is 17.7 Å². The van der Waals surface area contributed by atoms with Crippen LogP contribution in [0.1, 0.15) is 23.7 Å². The Bertz CT molecular complexity index is 1060. The number of nitrogens with zero attached hydrogens (tertiary/aromatic N) is 2. The van der Waals surface area contributed by atoms with Gasteiger partial charge in [-0.05, 0) is 54.4 Å². The largest absolute Gasteiger partial charge is 0.329 e. The molecule has 1 saturated carbocycles. The molecule has 2 N–H and O–H groups in total. The first kappa shape index (κ1) is 19.3. The summed E-state index contributed by atoms with van der Waals surface area (Å²) in [5.74, 6) is 0.317. The highest BCUT2D eigenvalue weighted by Crippen LogP contribution is 2.38. The second-order valence-corrected chi connectivity index (χ2v) is 8.27. The maximum atomic E-state index is 12.8. The van der Waals surface area contributed by atoms with Crippen LogP contribution in [-0.4, -0.2) is 21.4 Å². The van der Waals surface area contributed by atoms with Gasteiger partial charge in [0.1, 0.15) is 0 Å². The summed E-state index contributed by atoms with van der Waals surface area (Å²) >= 11 is 1.49. The number of benzene rings is 2. The number of aromatic nitrogens is 2. The van der Waals surface area contributed by atoms with Crippen molar-refractivity contribution in [3.05, 3.63) is 66.5 Å². The van der Waals surface area contributed by atoms with Gasteiger partial charge in [-0.25, -0.2) is 4.98 Å². The van der Waals surface area contributed by atoms with Crippen molar-refractivity contribution in [2.24, 2.45) is 18.9 Å². The molecule has 2 amide bonds. The Hall–Kier alpha value is -3.06. The molecule has 1 heterocycles. The molecule has 2 unspecified atom stereocenters. The lowest BCUT2D eigenvalue weighted by Crippen LogP contribution is -2.16. The molecular formula is C22H22N4O2S. The minimum atomic E-state index is -0.228. The number of para-hydroxylation sites is 1. The Kier molecular flexibility index (Phi) is 5.40. The lowest BCUT2D eigenvalue weighted by molar-refractivity contribution is -0.117. The zero-order valence-electron chi connectivity index (χ0n) is 16.3. The van der Waals surface area contributed by atoms with E-state index < -0.39 is 0 Å². The lowest BCUT2D eigenvalue weighted by Gasteiger charge is -2.11. The molecule has 0 radical (unpaired) electrons. The summed E-state index contributed by atoms with van der Waals surface area (Å²) in [5, 5.41) is 6.72. The molecular weight excluding hydrogens is 384 g/mol. The summed E-state index contributed by atoms with van der Waals surface area (Å²) in [7, 11) is 1.93. The number of carbonyl (C=O) groups is 2. The van der Waals surface area contributed by atoms with E-state index in [1.165, 1.54) is 11.8 Å². The fourth-order valence-electron chi connectivity index (χ4n) is 3.06. The van der Waals surface area contributed by atoms with Crippen LogP contribution in [0.5, 0.6) is 0 Å². The number of anilines is 2. The Balaban J connectivity index is 1.48. The number of hydrogen-bond acceptors (Lipinski definition) is 4. The van der Waals surface area contributed by atoms with Crippen LogP contribution >= 0.6 is 11.8 Å². The summed E-state index contributed by atoms with van der Waals surface area (Å²) in [6.45, 7) is 2.06. The SMILES string of the molecule is CC1CC1C(=O)Nc1cccc(C(=O)Nc2ccccc2Sc2nccn2C)c1. The molecule has 1 fully saturated rings. The van der Waals surface area contributed by atoms with Crippen molar-refractivity contribution >= 4 is 35.0 Å². The van der Waals surface area contributed by atoms with Crippen molar-refractivity contribution in [3.8, 4) is 0 Å². The van der Waals surface area contributed by atoms with Crippen molar-refractivity contribution in [1.29, 1.82) is 0 Å². The van der Waals surface area contributed by atoms with Gasteiger partial charge in [0.2, 0.25) is 5.91 Å². The standard InChI is InChI=1S/C22H22N4O2S/c1-14-12-17(14)21(28)24-16-7-5-6-15(13-16)20(27)25-18-8-3-4-9-19(18)29-22-23-10-11-26(22)2/h3-11,13-14,17H,12H2,1-2H3,(H,24,28)(H,25,27). The van der Waals surface area contributed by atoms with Crippen LogP contribution < -0.4 is 10.6 Å². The molecule has 148 valence electrons. The minimum Gasteiger partial charge on any atom is -0.329 e. The number of hydrogen-bond donors (Lipinski definition) is 2. The molecule has 0 spiro atoms. The van der Waals surface area contributed by atoms with E-state index in [0.717, 1.165) is 16.5 Å². The van der Waals surface area contributed by atoms with Gasteiger partial charge >= 0.3 is 0 Å². The first-order valence-electron chi connectivity index (χ1n) is 9.48. The third kappa shape index (κ3) is 4.51. The van der Waals surface area contributed by atoms with Crippen molar-refractivity contribution in [3.63, 3.8) is 0 Å². The number of imidazole rings is 1. The molecule has 0 saturated heterocycles. The minimum absolute atomic E-state index is 0.0203. The zero-order valence-corrected chi connectivity index (χ0v) is 17.1. The number of nitrogens with one attached hydrogen (secondary N) is 2. The first-order chi connectivity index (χ1) is 14.0. The van der Waals surface area contributed by atoms with Gasteiger partial charge < -0.3 is 15.2 Å². The topological polar surface area (TPSA) is 76.0 Å². The molecule has 2 aromatic carbocycles. The van der Waals surface area contributed by atoms with E-state index >= 15 is 0 Å². The molecule has 3 aromatic rings. The van der Waals surface area contributed by atoms with Gasteiger partial charge in [-0.3, -0.25) is 9.59 Å². The van der Waals surface area contributed by atoms with Crippen molar-refractivity contribution < 1.29 is 9.59 Å². The summed E-state index contributed by atoms with van der Waals surface area (Å²) in [4.78, 5) is 30.2. The summed E-state index contributed by atoms with van der Waals surface area (Å²) < 4.78 is 1.93. The molecule has 1 aliphatic rings. The van der Waals surface area contributed by atoms with E-state index in [0.29, 0.717) is 22.9 Å². The molecule has 0 bridgehead atoms. The summed E-state index contributed by atoms with van der Waals surface area (Å²) in [5.41, 5.74) is 1.84. The maximum absolute atomic E-state index is 12.8. The highest BCUT2D eigenvalue weighted by molar-refractivity contribution is 7.99. The van der Waals surface area contributed by atoms with Gasteiger partial charge in [0.15, 0.2) is 5.16 Å². The predicted molar refractivity (Wildman–Crippen MR) is 114 cm³/mol. The van der Waals surface area contributed by atoms with Gasteiger partial charge in [-0.1, -0.05) is 25.1 Å². The average Bonchev–Trinajstić information content (AvgIpc) is 3.32. The third-order valence-electron chi connectivity index (χ3n) is 4.95. The van der Waals surface area contributed by atoms with Crippen molar-refractivity contribution in [1.82, 2.24) is 9.55 Å². The molecule has 29 heavy (non-hydrogen) atoms.